The van der Waals surface area contributed by atoms with Crippen LogP contribution in [0.5, 0.6) is 0 Å². The van der Waals surface area contributed by atoms with Gasteiger partial charge < -0.3 is 10.6 Å². The van der Waals surface area contributed by atoms with Crippen LogP contribution in [0.2, 0.25) is 0 Å². The highest BCUT2D eigenvalue weighted by Gasteiger charge is 2.24. The average Bonchev–Trinajstić information content (AvgIpc) is 2.01. The van der Waals surface area contributed by atoms with Gasteiger partial charge in [-0.1, -0.05) is 20.3 Å². The minimum Gasteiger partial charge on any atom is -0.306 e. The molecule has 0 heterocycles. The van der Waals surface area contributed by atoms with E-state index in [0.29, 0.717) is 5.92 Å². The van der Waals surface area contributed by atoms with Crippen molar-refractivity contribution in [1.82, 2.24) is 10.6 Å². The molecule has 2 nitrogen and oxygen atoms in total. The van der Waals surface area contributed by atoms with Crippen molar-refractivity contribution in [1.29, 1.82) is 0 Å². The van der Waals surface area contributed by atoms with Gasteiger partial charge in [0, 0.05) is 15.5 Å². The third kappa shape index (κ3) is 2.07. The first-order valence-electron chi connectivity index (χ1n) is 3.98. The lowest BCUT2D eigenvalue weighted by atomic mass is 10.1. The Morgan fingerprint density at radius 3 is 1.90 bits per heavy atom. The normalized spacial score (nSPS) is 15.6. The summed E-state index contributed by atoms with van der Waals surface area (Å²) in [6, 6.07) is 0. The molecule has 1 unspecified atom stereocenters. The smallest absolute Gasteiger partial charge is 0.0492 e. The molecule has 0 bridgehead atoms. The second-order valence-electron chi connectivity index (χ2n) is 3.01. The van der Waals surface area contributed by atoms with Crippen molar-refractivity contribution in [2.75, 3.05) is 14.1 Å². The molecule has 0 aliphatic carbocycles. The highest BCUT2D eigenvalue weighted by atomic mass is 28.1. The number of nitrogens with one attached hydrogen (secondary N) is 2. The van der Waals surface area contributed by atoms with Gasteiger partial charge in [-0.2, -0.15) is 0 Å². The highest BCUT2D eigenvalue weighted by Crippen LogP contribution is 2.12. The van der Waals surface area contributed by atoms with E-state index in [-0.39, 0.29) is 5.29 Å². The summed E-state index contributed by atoms with van der Waals surface area (Å²) in [6.07, 6.45) is 1.23. The van der Waals surface area contributed by atoms with Crippen molar-refractivity contribution < 1.29 is 0 Å². The maximum absolute atomic E-state index is 3.33. The first kappa shape index (κ1) is 10.1. The van der Waals surface area contributed by atoms with Crippen LogP contribution in [-0.2, 0) is 0 Å². The Hall–Kier alpha value is 0.137. The lowest BCUT2D eigenvalue weighted by Gasteiger charge is -2.35. The van der Waals surface area contributed by atoms with Crippen LogP contribution < -0.4 is 10.6 Å². The fourth-order valence-corrected chi connectivity index (χ4v) is 1.43. The minimum absolute atomic E-state index is 0.231. The summed E-state index contributed by atoms with van der Waals surface area (Å²) in [5, 5.41) is 6.89. The number of hydrogen-bond acceptors (Lipinski definition) is 2. The Bertz CT molecular complexity index is 91.6. The Balaban J connectivity index is 4.02. The topological polar surface area (TPSA) is 24.1 Å². The summed E-state index contributed by atoms with van der Waals surface area (Å²) < 4.78 is 0. The van der Waals surface area contributed by atoms with E-state index in [2.05, 4.69) is 24.5 Å². The predicted octanol–water partition coefficient (Wildman–Crippen LogP) is -0.510. The molecule has 2 N–H and O–H groups in total. The standard InChI is InChI=1S/C7H20N2Si/c1-5-6(2)7(10,8-3)9-4/h6,8-9H,5H2,1-4,10H3. The van der Waals surface area contributed by atoms with Gasteiger partial charge in [0.25, 0.3) is 0 Å². The second-order valence-corrected chi connectivity index (χ2v) is 4.59. The van der Waals surface area contributed by atoms with E-state index in [1.165, 1.54) is 6.42 Å². The molecule has 0 saturated heterocycles. The molecule has 0 spiro atoms. The van der Waals surface area contributed by atoms with E-state index in [9.17, 15) is 0 Å². The lowest BCUT2D eigenvalue weighted by molar-refractivity contribution is 0.295. The Morgan fingerprint density at radius 2 is 1.80 bits per heavy atom. The van der Waals surface area contributed by atoms with Crippen molar-refractivity contribution in [3.8, 4) is 0 Å². The Kier molecular flexibility index (Phi) is 4.16. The first-order valence-corrected chi connectivity index (χ1v) is 4.98. The van der Waals surface area contributed by atoms with E-state index in [1.807, 2.05) is 14.1 Å². The minimum atomic E-state index is 0.231. The van der Waals surface area contributed by atoms with Crippen molar-refractivity contribution in [2.24, 2.45) is 5.92 Å². The number of hydrogen-bond donors (Lipinski definition) is 2. The summed E-state index contributed by atoms with van der Waals surface area (Å²) in [6.45, 7) is 4.51. The van der Waals surface area contributed by atoms with Crippen LogP contribution >= 0.6 is 0 Å². The molecule has 0 rings (SSSR count). The molecule has 62 valence electrons. The third-order valence-electron chi connectivity index (χ3n) is 2.64. The Morgan fingerprint density at radius 1 is 1.40 bits per heavy atom. The molecule has 0 aromatic carbocycles. The van der Waals surface area contributed by atoms with Crippen LogP contribution in [-0.4, -0.2) is 29.6 Å². The molecular formula is C7H20N2Si. The van der Waals surface area contributed by atoms with Gasteiger partial charge in [-0.05, 0) is 20.0 Å². The molecule has 0 aliphatic rings. The Labute approximate surface area is 67.2 Å². The summed E-state index contributed by atoms with van der Waals surface area (Å²) in [7, 11) is 5.19. The van der Waals surface area contributed by atoms with Gasteiger partial charge in [0.1, 0.15) is 0 Å². The molecule has 3 heteroatoms. The summed E-state index contributed by atoms with van der Waals surface area (Å²) >= 11 is 0. The van der Waals surface area contributed by atoms with Crippen LogP contribution in [0, 0.1) is 5.92 Å². The van der Waals surface area contributed by atoms with E-state index in [0.717, 1.165) is 10.2 Å². The van der Waals surface area contributed by atoms with Gasteiger partial charge in [-0.25, -0.2) is 0 Å². The largest absolute Gasteiger partial charge is 0.306 e. The van der Waals surface area contributed by atoms with E-state index in [1.54, 1.807) is 0 Å². The molecule has 1 atom stereocenters. The van der Waals surface area contributed by atoms with Crippen LogP contribution in [0.4, 0.5) is 0 Å². The molecule has 0 saturated carbocycles. The molecule has 0 aliphatic heterocycles. The first-order chi connectivity index (χ1) is 4.60. The van der Waals surface area contributed by atoms with Crippen molar-refractivity contribution >= 4 is 10.2 Å². The maximum Gasteiger partial charge on any atom is 0.0492 e. The summed E-state index contributed by atoms with van der Waals surface area (Å²) in [5.41, 5.74) is 0. The third-order valence-corrected chi connectivity index (χ3v) is 4.62. The highest BCUT2D eigenvalue weighted by molar-refractivity contribution is 6.15. The SMILES string of the molecule is CCC(C)C([SiH3])(NC)NC. The molecule has 0 radical (unpaired) electrons. The maximum atomic E-state index is 3.33. The van der Waals surface area contributed by atoms with Gasteiger partial charge >= 0.3 is 0 Å². The zero-order valence-corrected chi connectivity index (χ0v) is 9.78. The van der Waals surface area contributed by atoms with Gasteiger partial charge in [-0.3, -0.25) is 0 Å². The monoisotopic (exact) mass is 160 g/mol. The number of rotatable bonds is 4. The van der Waals surface area contributed by atoms with Gasteiger partial charge in [0.2, 0.25) is 0 Å². The van der Waals surface area contributed by atoms with Crippen LogP contribution in [0.3, 0.4) is 0 Å². The fourth-order valence-electron chi connectivity index (χ4n) is 1.03. The van der Waals surface area contributed by atoms with Crippen LogP contribution in [0.15, 0.2) is 0 Å². The fraction of sp³-hybridized carbons (Fsp3) is 1.00. The van der Waals surface area contributed by atoms with Crippen molar-refractivity contribution in [3.05, 3.63) is 0 Å². The van der Waals surface area contributed by atoms with E-state index >= 15 is 0 Å². The quantitative estimate of drug-likeness (QED) is 0.428. The average molecular weight is 160 g/mol. The van der Waals surface area contributed by atoms with E-state index in [4.69, 9.17) is 0 Å². The zero-order chi connectivity index (χ0) is 8.20. The molecular weight excluding hydrogens is 140 g/mol. The van der Waals surface area contributed by atoms with Crippen molar-refractivity contribution in [3.63, 3.8) is 0 Å². The molecule has 0 aromatic rings. The zero-order valence-electron chi connectivity index (χ0n) is 7.78. The van der Waals surface area contributed by atoms with Gasteiger partial charge in [0.15, 0.2) is 0 Å². The molecule has 0 amide bonds. The van der Waals surface area contributed by atoms with Gasteiger partial charge in [0.05, 0.1) is 0 Å². The molecule has 10 heavy (non-hydrogen) atoms. The van der Waals surface area contributed by atoms with Crippen molar-refractivity contribution in [2.45, 2.75) is 25.6 Å². The second kappa shape index (κ2) is 4.11. The molecule has 0 aromatic heterocycles. The van der Waals surface area contributed by atoms with Crippen LogP contribution in [0.1, 0.15) is 20.3 Å². The molecule has 0 fully saturated rings. The predicted molar refractivity (Wildman–Crippen MR) is 50.2 cm³/mol. The lowest BCUT2D eigenvalue weighted by Crippen LogP contribution is -2.59. The summed E-state index contributed by atoms with van der Waals surface area (Å²) in [4.78, 5) is 0. The van der Waals surface area contributed by atoms with Crippen LogP contribution in [0.25, 0.3) is 0 Å². The van der Waals surface area contributed by atoms with Gasteiger partial charge in [-0.15, -0.1) is 0 Å². The summed E-state index contributed by atoms with van der Waals surface area (Å²) in [5.74, 6) is 0.717. The van der Waals surface area contributed by atoms with E-state index < -0.39 is 0 Å².